The minimum atomic E-state index is -0.0844. The van der Waals surface area contributed by atoms with Gasteiger partial charge in [-0.25, -0.2) is 0 Å². The van der Waals surface area contributed by atoms with Crippen LogP contribution in [0.3, 0.4) is 0 Å². The van der Waals surface area contributed by atoms with E-state index in [1.54, 1.807) is 0 Å². The van der Waals surface area contributed by atoms with Crippen LogP contribution in [0.1, 0.15) is 71.4 Å². The molecule has 10 aromatic rings. The second kappa shape index (κ2) is 14.5. The van der Waals surface area contributed by atoms with Crippen LogP contribution >= 0.6 is 0 Å². The zero-order valence-electron chi connectivity index (χ0n) is 40.1. The molecule has 1 aliphatic carbocycles. The molecule has 1 fully saturated rings. The van der Waals surface area contributed by atoms with Gasteiger partial charge in [0.2, 0.25) is 0 Å². The van der Waals surface area contributed by atoms with E-state index in [1.165, 1.54) is 97.8 Å². The first-order valence-electron chi connectivity index (χ1n) is 25.0. The van der Waals surface area contributed by atoms with Gasteiger partial charge in [0.1, 0.15) is 5.58 Å². The molecule has 0 radical (unpaired) electrons. The molecule has 334 valence electrons. The van der Waals surface area contributed by atoms with E-state index in [0.717, 1.165) is 44.7 Å². The first-order valence-corrected chi connectivity index (χ1v) is 25.0. The molecule has 2 atom stereocenters. The molecule has 0 N–H and O–H groups in total. The minimum absolute atomic E-state index is 0.0409. The molecule has 3 aliphatic heterocycles. The summed E-state index contributed by atoms with van der Waals surface area (Å²) in [6, 6.07) is 70.2. The van der Waals surface area contributed by atoms with Crippen molar-refractivity contribution in [2.45, 2.75) is 76.7 Å². The van der Waals surface area contributed by atoms with Gasteiger partial charge in [-0.3, -0.25) is 0 Å². The number of hydrogen-bond donors (Lipinski definition) is 0. The Hall–Kier alpha value is -7.50. The van der Waals surface area contributed by atoms with Crippen molar-refractivity contribution >= 4 is 101 Å². The van der Waals surface area contributed by atoms with E-state index in [9.17, 15) is 0 Å². The van der Waals surface area contributed by atoms with Gasteiger partial charge in [0.15, 0.2) is 5.58 Å². The normalized spacial score (nSPS) is 18.9. The van der Waals surface area contributed by atoms with E-state index >= 15 is 0 Å². The fourth-order valence-corrected chi connectivity index (χ4v) is 13.3. The lowest BCUT2D eigenvalue weighted by molar-refractivity contribution is 0.195. The molecule has 5 heteroatoms. The summed E-state index contributed by atoms with van der Waals surface area (Å²) < 4.78 is 6.90. The number of para-hydroxylation sites is 4. The van der Waals surface area contributed by atoms with E-state index in [0.29, 0.717) is 0 Å². The van der Waals surface area contributed by atoms with E-state index in [2.05, 4.69) is 237 Å². The van der Waals surface area contributed by atoms with Crippen LogP contribution in [0.4, 0.5) is 45.5 Å². The maximum atomic E-state index is 6.90. The third kappa shape index (κ3) is 5.65. The van der Waals surface area contributed by atoms with Crippen molar-refractivity contribution in [1.82, 2.24) is 0 Å². The average Bonchev–Trinajstić information content (AvgIpc) is 3.86. The number of benzene rings is 9. The lowest BCUT2D eigenvalue weighted by Gasteiger charge is -2.53. The summed E-state index contributed by atoms with van der Waals surface area (Å²) in [6.45, 7) is 12.3. The Morgan fingerprint density at radius 1 is 0.580 bits per heavy atom. The SMILES string of the molecule is CC(C)(C)c1cc2c3c(c1)N1c4c(cccc4C4(C)CCCCC14C)B3c1ccc(N(c3cccc(-c4cccc5ccccc45)c3)c3cccc4c3oc3ccccc34)cc1N2c1ccccc1. The molecule has 1 aromatic heterocycles. The molecule has 4 nitrogen and oxygen atoms in total. The topological polar surface area (TPSA) is 22.9 Å². The monoisotopic (exact) mass is 891 g/mol. The lowest BCUT2D eigenvalue weighted by atomic mass is 9.33. The zero-order chi connectivity index (χ0) is 46.4. The van der Waals surface area contributed by atoms with Crippen molar-refractivity contribution < 1.29 is 4.42 Å². The van der Waals surface area contributed by atoms with Gasteiger partial charge in [0, 0.05) is 56.0 Å². The average molecular weight is 892 g/mol. The summed E-state index contributed by atoms with van der Waals surface area (Å²) in [5, 5.41) is 4.69. The van der Waals surface area contributed by atoms with E-state index in [1.807, 2.05) is 0 Å². The highest BCUT2D eigenvalue weighted by atomic mass is 16.3. The molecule has 0 saturated heterocycles. The zero-order valence-corrected chi connectivity index (χ0v) is 40.1. The van der Waals surface area contributed by atoms with Crippen molar-refractivity contribution in [3.05, 3.63) is 199 Å². The Balaban J connectivity index is 1.05. The molecule has 1 saturated carbocycles. The molecular formula is C64H54BN3O. The van der Waals surface area contributed by atoms with Crippen molar-refractivity contribution in [3.8, 4) is 11.1 Å². The first kappa shape index (κ1) is 40.6. The van der Waals surface area contributed by atoms with Gasteiger partial charge in [-0.2, -0.15) is 0 Å². The van der Waals surface area contributed by atoms with Crippen LogP contribution in [-0.4, -0.2) is 12.3 Å². The fourth-order valence-electron chi connectivity index (χ4n) is 13.3. The van der Waals surface area contributed by atoms with Gasteiger partial charge < -0.3 is 19.1 Å². The molecule has 69 heavy (non-hydrogen) atoms. The van der Waals surface area contributed by atoms with Crippen molar-refractivity contribution in [2.75, 3.05) is 14.7 Å². The highest BCUT2D eigenvalue weighted by Crippen LogP contribution is 2.62. The summed E-state index contributed by atoms with van der Waals surface area (Å²) in [7, 11) is 0. The highest BCUT2D eigenvalue weighted by molar-refractivity contribution is 7.00. The maximum absolute atomic E-state index is 6.90. The molecule has 4 heterocycles. The number of nitrogens with zero attached hydrogens (tertiary/aromatic N) is 3. The van der Waals surface area contributed by atoms with Gasteiger partial charge in [-0.1, -0.05) is 168 Å². The second-order valence-corrected chi connectivity index (χ2v) is 21.6. The quantitative estimate of drug-likeness (QED) is 0.161. The van der Waals surface area contributed by atoms with Gasteiger partial charge in [0.25, 0.3) is 6.71 Å². The van der Waals surface area contributed by atoms with Crippen LogP contribution in [0.25, 0.3) is 43.8 Å². The third-order valence-corrected chi connectivity index (χ3v) is 16.9. The molecular weight excluding hydrogens is 838 g/mol. The summed E-state index contributed by atoms with van der Waals surface area (Å²) in [5.74, 6) is 0. The molecule has 2 unspecified atom stereocenters. The summed E-state index contributed by atoms with van der Waals surface area (Å²) >= 11 is 0. The summed E-state index contributed by atoms with van der Waals surface area (Å²) in [4.78, 5) is 7.87. The van der Waals surface area contributed by atoms with Gasteiger partial charge in [-0.05, 0) is 135 Å². The Kier molecular flexibility index (Phi) is 8.53. The number of fused-ring (bicyclic) bond motifs is 11. The standard InChI is InChI=1S/C64H54BN3O/c1-62(2,3)43-38-56-59-57(39-43)68-60-51(63(4)35-13-14-36-64(63,68)5)29-18-30-53(60)65(59)52-34-33-46(40-55(52)67(56)44-22-7-6-8-23-44)66(54-31-17-28-50-49-26-11-12-32-58(49)69-61(50)54)45-24-15-21-42(37-45)48-27-16-20-41-19-9-10-25-47(41)48/h6-12,15-34,37-40H,13-14,35-36H2,1-5H3. The van der Waals surface area contributed by atoms with Crippen LogP contribution in [0.15, 0.2) is 192 Å². The number of hydrogen-bond acceptors (Lipinski definition) is 4. The van der Waals surface area contributed by atoms with E-state index in [-0.39, 0.29) is 23.1 Å². The van der Waals surface area contributed by atoms with Gasteiger partial charge >= 0.3 is 0 Å². The number of furan rings is 1. The Bertz CT molecular complexity index is 3750. The predicted molar refractivity (Wildman–Crippen MR) is 292 cm³/mol. The first-order chi connectivity index (χ1) is 33.6. The third-order valence-electron chi connectivity index (χ3n) is 16.9. The Labute approximate surface area is 405 Å². The predicted octanol–water partition coefficient (Wildman–Crippen LogP) is 15.5. The van der Waals surface area contributed by atoms with Crippen LogP contribution in [0.5, 0.6) is 0 Å². The van der Waals surface area contributed by atoms with Crippen molar-refractivity contribution in [2.24, 2.45) is 0 Å². The van der Waals surface area contributed by atoms with Gasteiger partial charge in [-0.15, -0.1) is 0 Å². The van der Waals surface area contributed by atoms with Crippen molar-refractivity contribution in [1.29, 1.82) is 0 Å². The highest BCUT2D eigenvalue weighted by Gasteiger charge is 2.61. The van der Waals surface area contributed by atoms with Crippen LogP contribution in [0, 0.1) is 0 Å². The summed E-state index contributed by atoms with van der Waals surface area (Å²) in [6.07, 6.45) is 4.90. The molecule has 0 spiro atoms. The van der Waals surface area contributed by atoms with Crippen LogP contribution in [-0.2, 0) is 10.8 Å². The smallest absolute Gasteiger partial charge is 0.252 e. The second-order valence-electron chi connectivity index (χ2n) is 21.6. The minimum Gasteiger partial charge on any atom is -0.454 e. The van der Waals surface area contributed by atoms with Crippen LogP contribution < -0.4 is 31.1 Å². The maximum Gasteiger partial charge on any atom is 0.252 e. The molecule has 0 amide bonds. The number of anilines is 8. The fraction of sp³-hybridized carbons (Fsp3) is 0.188. The van der Waals surface area contributed by atoms with E-state index in [4.69, 9.17) is 4.42 Å². The number of rotatable bonds is 5. The molecule has 4 aliphatic rings. The largest absolute Gasteiger partial charge is 0.454 e. The summed E-state index contributed by atoms with van der Waals surface area (Å²) in [5.41, 5.74) is 20.7. The van der Waals surface area contributed by atoms with Crippen LogP contribution in [0.2, 0.25) is 0 Å². The molecule has 9 aromatic carbocycles. The Morgan fingerprint density at radius 2 is 1.29 bits per heavy atom. The molecule has 14 rings (SSSR count). The van der Waals surface area contributed by atoms with Gasteiger partial charge in [0.05, 0.1) is 11.2 Å². The Morgan fingerprint density at radius 3 is 2.16 bits per heavy atom. The van der Waals surface area contributed by atoms with E-state index < -0.39 is 0 Å². The van der Waals surface area contributed by atoms with Crippen molar-refractivity contribution in [3.63, 3.8) is 0 Å². The molecule has 0 bridgehead atoms. The lowest BCUT2D eigenvalue weighted by Crippen LogP contribution is -2.64.